The Morgan fingerprint density at radius 3 is 2.72 bits per heavy atom. The summed E-state index contributed by atoms with van der Waals surface area (Å²) in [5.74, 6) is 0.732. The second kappa shape index (κ2) is 7.49. The number of hydrogen-bond acceptors (Lipinski definition) is 3. The number of carbonyl (C=O) groups is 1. The topological polar surface area (TPSA) is 78.0 Å². The molecule has 3 rings (SSSR count). The maximum Gasteiger partial charge on any atom is 0.251 e. The average molecular weight is 337 g/mol. The van der Waals surface area contributed by atoms with Crippen molar-refractivity contribution >= 4 is 16.9 Å². The second-order valence-electron chi connectivity index (χ2n) is 6.24. The minimum Gasteiger partial charge on any atom is -0.394 e. The number of H-pyrrole nitrogens is 1. The van der Waals surface area contributed by atoms with Crippen LogP contribution >= 0.6 is 0 Å². The van der Waals surface area contributed by atoms with Crippen LogP contribution in [0.2, 0.25) is 0 Å². The van der Waals surface area contributed by atoms with Crippen molar-refractivity contribution in [3.05, 3.63) is 65.0 Å². The lowest BCUT2D eigenvalue weighted by molar-refractivity contribution is 0.0916. The molecule has 25 heavy (non-hydrogen) atoms. The van der Waals surface area contributed by atoms with Crippen LogP contribution < -0.4 is 5.32 Å². The number of fused-ring (bicyclic) bond motifs is 1. The fourth-order valence-electron chi connectivity index (χ4n) is 2.99. The zero-order chi connectivity index (χ0) is 17.8. The highest BCUT2D eigenvalue weighted by Gasteiger charge is 2.16. The molecular weight excluding hydrogens is 314 g/mol. The molecule has 0 saturated heterocycles. The molecule has 0 aliphatic carbocycles. The highest BCUT2D eigenvalue weighted by molar-refractivity contribution is 5.98. The molecule has 1 heterocycles. The number of aromatic amines is 1. The third-order valence-corrected chi connectivity index (χ3v) is 4.27. The van der Waals surface area contributed by atoms with Crippen LogP contribution in [0.15, 0.2) is 42.5 Å². The van der Waals surface area contributed by atoms with Crippen molar-refractivity contribution in [2.24, 2.45) is 0 Å². The molecule has 0 aliphatic rings. The Labute approximate surface area is 147 Å². The van der Waals surface area contributed by atoms with Crippen LogP contribution in [0.4, 0.5) is 0 Å². The first-order valence-electron chi connectivity index (χ1n) is 8.58. The van der Waals surface area contributed by atoms with Crippen LogP contribution in [-0.4, -0.2) is 27.6 Å². The number of aromatic nitrogens is 2. The van der Waals surface area contributed by atoms with Crippen molar-refractivity contribution in [3.63, 3.8) is 0 Å². The molecule has 0 unspecified atom stereocenters. The number of nitrogens with zero attached hydrogens (tertiary/aromatic N) is 1. The summed E-state index contributed by atoms with van der Waals surface area (Å²) in [4.78, 5) is 20.6. The third-order valence-electron chi connectivity index (χ3n) is 4.27. The number of imidazole rings is 1. The summed E-state index contributed by atoms with van der Waals surface area (Å²) >= 11 is 0. The molecule has 5 heteroatoms. The number of benzene rings is 2. The first-order valence-corrected chi connectivity index (χ1v) is 8.58. The fourth-order valence-corrected chi connectivity index (χ4v) is 2.99. The zero-order valence-electron chi connectivity index (χ0n) is 14.5. The molecule has 5 nitrogen and oxygen atoms in total. The van der Waals surface area contributed by atoms with Crippen molar-refractivity contribution in [3.8, 4) is 0 Å². The van der Waals surface area contributed by atoms with Gasteiger partial charge in [0.1, 0.15) is 5.82 Å². The minimum atomic E-state index is -0.429. The Balaban J connectivity index is 1.86. The highest BCUT2D eigenvalue weighted by atomic mass is 16.3. The second-order valence-corrected chi connectivity index (χ2v) is 6.24. The lowest BCUT2D eigenvalue weighted by atomic mass is 10.1. The van der Waals surface area contributed by atoms with Gasteiger partial charge in [0.15, 0.2) is 0 Å². The number of rotatable bonds is 6. The Hall–Kier alpha value is -2.66. The van der Waals surface area contributed by atoms with Crippen LogP contribution in [0.25, 0.3) is 11.0 Å². The summed E-state index contributed by atoms with van der Waals surface area (Å²) in [6, 6.07) is 12.7. The van der Waals surface area contributed by atoms with Gasteiger partial charge in [-0.3, -0.25) is 4.79 Å². The van der Waals surface area contributed by atoms with Gasteiger partial charge in [0, 0.05) is 12.0 Å². The number of nitrogens with one attached hydrogen (secondary N) is 2. The van der Waals surface area contributed by atoms with E-state index in [0.717, 1.165) is 40.8 Å². The number of carbonyl (C=O) groups excluding carboxylic acids is 1. The van der Waals surface area contributed by atoms with E-state index in [-0.39, 0.29) is 12.5 Å². The van der Waals surface area contributed by atoms with E-state index in [1.165, 1.54) is 0 Å². The summed E-state index contributed by atoms with van der Waals surface area (Å²) in [5, 5.41) is 12.5. The molecule has 2 aromatic carbocycles. The smallest absolute Gasteiger partial charge is 0.251 e. The van der Waals surface area contributed by atoms with Crippen LogP contribution in [0.1, 0.15) is 46.7 Å². The molecule has 3 aromatic rings. The quantitative estimate of drug-likeness (QED) is 0.646. The van der Waals surface area contributed by atoms with Crippen LogP contribution in [0.5, 0.6) is 0 Å². The van der Waals surface area contributed by atoms with E-state index < -0.39 is 6.04 Å². The molecule has 0 spiro atoms. The molecule has 0 bridgehead atoms. The van der Waals surface area contributed by atoms with Gasteiger partial charge in [0.25, 0.3) is 5.91 Å². The Bertz CT molecular complexity index is 871. The molecular formula is C20H23N3O2. The molecule has 3 N–H and O–H groups in total. The number of aliphatic hydroxyl groups excluding tert-OH is 1. The summed E-state index contributed by atoms with van der Waals surface area (Å²) in [5.41, 5.74) is 4.17. The number of aryl methyl sites for hydroxylation is 2. The minimum absolute atomic E-state index is 0.151. The summed E-state index contributed by atoms with van der Waals surface area (Å²) in [6.07, 6.45) is 1.90. The van der Waals surface area contributed by atoms with Crippen LogP contribution in [-0.2, 0) is 6.42 Å². The Morgan fingerprint density at radius 1 is 1.28 bits per heavy atom. The van der Waals surface area contributed by atoms with Gasteiger partial charge in [-0.05, 0) is 36.6 Å². The monoisotopic (exact) mass is 337 g/mol. The third kappa shape index (κ3) is 3.72. The maximum atomic E-state index is 12.7. The molecule has 0 fully saturated rings. The molecule has 1 atom stereocenters. The normalized spacial score (nSPS) is 12.3. The average Bonchev–Trinajstić information content (AvgIpc) is 3.03. The predicted octanol–water partition coefficient (Wildman–Crippen LogP) is 3.29. The van der Waals surface area contributed by atoms with Crippen molar-refractivity contribution in [1.82, 2.24) is 15.3 Å². The standard InChI is InChI=1S/C20H23N3O2/c1-3-7-18-21-16-11-15(10-13(2)19(16)23-18)20(25)22-17(12-24)14-8-5-4-6-9-14/h4-6,8-11,17,24H,3,7,12H2,1-2H3,(H,21,23)(H,22,25)/t17-/m0/s1. The predicted molar refractivity (Wildman–Crippen MR) is 98.6 cm³/mol. The largest absolute Gasteiger partial charge is 0.394 e. The van der Waals surface area contributed by atoms with E-state index >= 15 is 0 Å². The SMILES string of the molecule is CCCc1nc2c(C)cc(C(=O)N[C@@H](CO)c3ccccc3)cc2[nH]1. The van der Waals surface area contributed by atoms with E-state index in [2.05, 4.69) is 22.2 Å². The molecule has 0 saturated carbocycles. The summed E-state index contributed by atoms with van der Waals surface area (Å²) < 4.78 is 0. The van der Waals surface area contributed by atoms with Gasteiger partial charge in [0.05, 0.1) is 23.7 Å². The van der Waals surface area contributed by atoms with Crippen molar-refractivity contribution in [1.29, 1.82) is 0 Å². The Morgan fingerprint density at radius 2 is 2.04 bits per heavy atom. The van der Waals surface area contributed by atoms with Gasteiger partial charge < -0.3 is 15.4 Å². The first-order chi connectivity index (χ1) is 12.1. The van der Waals surface area contributed by atoms with Crippen molar-refractivity contribution in [2.75, 3.05) is 6.61 Å². The maximum absolute atomic E-state index is 12.7. The van der Waals surface area contributed by atoms with E-state index in [1.54, 1.807) is 0 Å². The molecule has 0 aliphatic heterocycles. The number of amides is 1. The first kappa shape index (κ1) is 17.2. The van der Waals surface area contributed by atoms with Crippen molar-refractivity contribution < 1.29 is 9.90 Å². The van der Waals surface area contributed by atoms with Crippen LogP contribution in [0.3, 0.4) is 0 Å². The Kier molecular flexibility index (Phi) is 5.14. The number of hydrogen-bond donors (Lipinski definition) is 3. The fraction of sp³-hybridized carbons (Fsp3) is 0.300. The van der Waals surface area contributed by atoms with Gasteiger partial charge in [-0.15, -0.1) is 0 Å². The van der Waals surface area contributed by atoms with E-state index in [4.69, 9.17) is 0 Å². The zero-order valence-corrected chi connectivity index (χ0v) is 14.5. The van der Waals surface area contributed by atoms with Crippen LogP contribution in [0, 0.1) is 6.92 Å². The van der Waals surface area contributed by atoms with Gasteiger partial charge in [-0.2, -0.15) is 0 Å². The molecule has 1 aromatic heterocycles. The number of aliphatic hydroxyl groups is 1. The van der Waals surface area contributed by atoms with Gasteiger partial charge in [-0.1, -0.05) is 37.3 Å². The molecule has 1 amide bonds. The van der Waals surface area contributed by atoms with E-state index in [9.17, 15) is 9.90 Å². The highest BCUT2D eigenvalue weighted by Crippen LogP contribution is 2.20. The van der Waals surface area contributed by atoms with Gasteiger partial charge >= 0.3 is 0 Å². The summed E-state index contributed by atoms with van der Waals surface area (Å²) in [6.45, 7) is 3.91. The molecule has 0 radical (unpaired) electrons. The van der Waals surface area contributed by atoms with Gasteiger partial charge in [-0.25, -0.2) is 4.98 Å². The van der Waals surface area contributed by atoms with E-state index in [1.807, 2.05) is 49.4 Å². The van der Waals surface area contributed by atoms with Gasteiger partial charge in [0.2, 0.25) is 0 Å². The lowest BCUT2D eigenvalue weighted by Gasteiger charge is -2.17. The van der Waals surface area contributed by atoms with E-state index in [0.29, 0.717) is 5.56 Å². The molecule has 130 valence electrons. The van der Waals surface area contributed by atoms with Crippen molar-refractivity contribution in [2.45, 2.75) is 32.7 Å². The summed E-state index contributed by atoms with van der Waals surface area (Å²) in [7, 11) is 0. The lowest BCUT2D eigenvalue weighted by Crippen LogP contribution is -2.30.